The van der Waals surface area contributed by atoms with E-state index in [4.69, 9.17) is 9.47 Å². The third kappa shape index (κ3) is 2.15. The Labute approximate surface area is 135 Å². The molecule has 4 atom stereocenters. The van der Waals surface area contributed by atoms with Gasteiger partial charge in [-0.25, -0.2) is 0 Å². The predicted octanol–water partition coefficient (Wildman–Crippen LogP) is -0.514. The molecule has 4 rings (SSSR count). The summed E-state index contributed by atoms with van der Waals surface area (Å²) < 4.78 is 12.4. The Hall–Kier alpha value is -2.55. The van der Waals surface area contributed by atoms with Crippen molar-refractivity contribution >= 4 is 5.78 Å². The largest absolute Gasteiger partial charge is 0.453 e. The number of carbonyl (C=O) groups is 1. The molecule has 1 unspecified atom stereocenters. The number of carbonyl (C=O) groups excluding carboxylic acids is 1. The smallest absolute Gasteiger partial charge is 0.302 e. The molecular weight excluding hydrogens is 316 g/mol. The summed E-state index contributed by atoms with van der Waals surface area (Å²) in [6.07, 6.45) is -2.04. The predicted molar refractivity (Wildman–Crippen MR) is 79.8 cm³/mol. The molecule has 0 saturated carbocycles. The van der Waals surface area contributed by atoms with Crippen LogP contribution >= 0.6 is 0 Å². The van der Waals surface area contributed by atoms with E-state index < -0.39 is 35.9 Å². The molecule has 0 bridgehead atoms. The van der Waals surface area contributed by atoms with Crippen molar-refractivity contribution in [2.75, 3.05) is 6.61 Å². The number of aliphatic hydroxyl groups is 2. The van der Waals surface area contributed by atoms with Gasteiger partial charge in [0.1, 0.15) is 17.8 Å². The summed E-state index contributed by atoms with van der Waals surface area (Å²) in [5.41, 5.74) is -0.448. The highest BCUT2D eigenvalue weighted by atomic mass is 16.6. The lowest BCUT2D eigenvalue weighted by atomic mass is 10.1. The Balaban J connectivity index is 1.74. The lowest BCUT2D eigenvalue weighted by Gasteiger charge is -2.14. The minimum atomic E-state index is -1.05. The lowest BCUT2D eigenvalue weighted by molar-refractivity contribution is -0.0435. The van der Waals surface area contributed by atoms with Crippen molar-refractivity contribution in [1.29, 1.82) is 0 Å². The number of ether oxygens (including phenoxy) is 2. The van der Waals surface area contributed by atoms with E-state index in [-0.39, 0.29) is 18.2 Å². The summed E-state index contributed by atoms with van der Waals surface area (Å²) >= 11 is 0. The molecule has 0 spiro atoms. The van der Waals surface area contributed by atoms with E-state index in [0.29, 0.717) is 5.56 Å². The minimum Gasteiger partial charge on any atom is -0.453 e. The van der Waals surface area contributed by atoms with Crippen LogP contribution in [0.25, 0.3) is 0 Å². The zero-order valence-corrected chi connectivity index (χ0v) is 12.4. The molecule has 2 aromatic rings. The molecule has 1 aromatic heterocycles. The van der Waals surface area contributed by atoms with Gasteiger partial charge in [0.25, 0.3) is 5.56 Å². The normalized spacial score (nSPS) is 27.4. The Morgan fingerprint density at radius 2 is 2.04 bits per heavy atom. The average molecular weight is 330 g/mol. The number of fused-ring (bicyclic) bond motifs is 3. The van der Waals surface area contributed by atoms with E-state index in [0.717, 1.165) is 0 Å². The van der Waals surface area contributed by atoms with Gasteiger partial charge >= 0.3 is 6.01 Å². The summed E-state index contributed by atoms with van der Waals surface area (Å²) in [7, 11) is 0. The standard InChI is InChI=1S/C16H14N2O6/c19-7-10-12(21)13-15(23-10)18-6-9(14(22)17-16(18)24-13)11(20)8-4-2-1-3-5-8/h1-6,10,12-13,15,19,21H,7H2/t10?,12-,13+,15+/m0/s1. The third-order valence-electron chi connectivity index (χ3n) is 4.21. The van der Waals surface area contributed by atoms with Crippen molar-refractivity contribution in [2.45, 2.75) is 24.5 Å². The van der Waals surface area contributed by atoms with Crippen LogP contribution in [-0.2, 0) is 4.74 Å². The first-order chi connectivity index (χ1) is 11.6. The topological polar surface area (TPSA) is 111 Å². The molecule has 0 radical (unpaired) electrons. The Kier molecular flexibility index (Phi) is 3.45. The van der Waals surface area contributed by atoms with Gasteiger partial charge in [-0.2, -0.15) is 4.98 Å². The summed E-state index contributed by atoms with van der Waals surface area (Å²) in [6.45, 7) is -0.365. The average Bonchev–Trinajstić information content (AvgIpc) is 3.10. The van der Waals surface area contributed by atoms with Crippen LogP contribution in [0.2, 0.25) is 0 Å². The Morgan fingerprint density at radius 3 is 2.75 bits per heavy atom. The molecule has 124 valence electrons. The molecule has 8 nitrogen and oxygen atoms in total. The van der Waals surface area contributed by atoms with Crippen LogP contribution in [0.5, 0.6) is 6.01 Å². The molecule has 1 fully saturated rings. The van der Waals surface area contributed by atoms with E-state index in [1.165, 1.54) is 10.8 Å². The molecule has 2 aliphatic heterocycles. The van der Waals surface area contributed by atoms with Crippen LogP contribution < -0.4 is 10.3 Å². The highest BCUT2D eigenvalue weighted by Crippen LogP contribution is 2.38. The summed E-state index contributed by atoms with van der Waals surface area (Å²) in [5, 5.41) is 19.3. The van der Waals surface area contributed by atoms with Gasteiger partial charge in [0.05, 0.1) is 6.61 Å². The highest BCUT2D eigenvalue weighted by molar-refractivity contribution is 6.08. The number of benzene rings is 1. The maximum Gasteiger partial charge on any atom is 0.302 e. The van der Waals surface area contributed by atoms with Crippen molar-refractivity contribution < 1.29 is 24.5 Å². The molecular formula is C16H14N2O6. The fraction of sp³-hybridized carbons (Fsp3) is 0.312. The number of hydrogen-bond acceptors (Lipinski definition) is 7. The van der Waals surface area contributed by atoms with Crippen molar-refractivity contribution in [1.82, 2.24) is 9.55 Å². The SMILES string of the molecule is O=C(c1ccccc1)c1cn2c(nc1=O)O[C@H]1[C@H]2OC(CO)[C@@H]1O. The molecule has 2 aliphatic rings. The maximum absolute atomic E-state index is 12.5. The summed E-state index contributed by atoms with van der Waals surface area (Å²) in [6, 6.07) is 8.37. The molecule has 0 aliphatic carbocycles. The second-order valence-electron chi connectivity index (χ2n) is 5.67. The molecule has 8 heteroatoms. The first kappa shape index (κ1) is 15.0. The van der Waals surface area contributed by atoms with Gasteiger partial charge < -0.3 is 19.7 Å². The van der Waals surface area contributed by atoms with Crippen molar-refractivity contribution in [2.24, 2.45) is 0 Å². The quantitative estimate of drug-likeness (QED) is 0.729. The number of aromatic nitrogens is 2. The zero-order valence-electron chi connectivity index (χ0n) is 12.4. The molecule has 3 heterocycles. The van der Waals surface area contributed by atoms with Crippen molar-refractivity contribution in [3.05, 3.63) is 58.0 Å². The highest BCUT2D eigenvalue weighted by Gasteiger charge is 2.51. The van der Waals surface area contributed by atoms with Gasteiger partial charge in [-0.1, -0.05) is 30.3 Å². The van der Waals surface area contributed by atoms with Gasteiger partial charge in [0.2, 0.25) is 0 Å². The molecule has 2 N–H and O–H groups in total. The Bertz CT molecular complexity index is 849. The van der Waals surface area contributed by atoms with Crippen molar-refractivity contribution in [3.8, 4) is 6.01 Å². The van der Waals surface area contributed by atoms with Crippen LogP contribution in [-0.4, -0.2) is 50.5 Å². The second-order valence-corrected chi connectivity index (χ2v) is 5.67. The fourth-order valence-corrected chi connectivity index (χ4v) is 2.97. The Morgan fingerprint density at radius 1 is 1.29 bits per heavy atom. The monoisotopic (exact) mass is 330 g/mol. The molecule has 1 saturated heterocycles. The summed E-state index contributed by atoms with van der Waals surface area (Å²) in [4.78, 5) is 28.4. The second kappa shape index (κ2) is 5.52. The number of nitrogens with zero attached hydrogens (tertiary/aromatic N) is 2. The molecule has 24 heavy (non-hydrogen) atoms. The lowest BCUT2D eigenvalue weighted by Crippen LogP contribution is -2.34. The molecule has 0 amide bonds. The van der Waals surface area contributed by atoms with Gasteiger partial charge in [-0.3, -0.25) is 14.2 Å². The first-order valence-corrected chi connectivity index (χ1v) is 7.44. The van der Waals surface area contributed by atoms with Gasteiger partial charge in [-0.15, -0.1) is 0 Å². The third-order valence-corrected chi connectivity index (χ3v) is 4.21. The fourth-order valence-electron chi connectivity index (χ4n) is 2.97. The van der Waals surface area contributed by atoms with E-state index in [1.54, 1.807) is 30.3 Å². The van der Waals surface area contributed by atoms with Crippen LogP contribution in [0.4, 0.5) is 0 Å². The molecule has 1 aromatic carbocycles. The number of aliphatic hydroxyl groups excluding tert-OH is 2. The van der Waals surface area contributed by atoms with E-state index >= 15 is 0 Å². The van der Waals surface area contributed by atoms with E-state index in [9.17, 15) is 19.8 Å². The van der Waals surface area contributed by atoms with Crippen LogP contribution in [0, 0.1) is 0 Å². The van der Waals surface area contributed by atoms with Crippen LogP contribution in [0.15, 0.2) is 41.3 Å². The minimum absolute atomic E-state index is 0.0185. The van der Waals surface area contributed by atoms with Crippen LogP contribution in [0.3, 0.4) is 0 Å². The van der Waals surface area contributed by atoms with Gasteiger partial charge in [0, 0.05) is 11.8 Å². The first-order valence-electron chi connectivity index (χ1n) is 7.44. The van der Waals surface area contributed by atoms with E-state index in [1.807, 2.05) is 0 Å². The van der Waals surface area contributed by atoms with Gasteiger partial charge in [0.15, 0.2) is 18.1 Å². The number of ketones is 1. The number of rotatable bonds is 3. The van der Waals surface area contributed by atoms with Crippen molar-refractivity contribution in [3.63, 3.8) is 0 Å². The number of hydrogen-bond donors (Lipinski definition) is 2. The maximum atomic E-state index is 12.5. The van der Waals surface area contributed by atoms with Gasteiger partial charge in [-0.05, 0) is 0 Å². The zero-order chi connectivity index (χ0) is 16.8. The van der Waals surface area contributed by atoms with Crippen LogP contribution in [0.1, 0.15) is 22.1 Å². The summed E-state index contributed by atoms with van der Waals surface area (Å²) in [5.74, 6) is -0.455. The van der Waals surface area contributed by atoms with E-state index in [2.05, 4.69) is 4.98 Å².